The van der Waals surface area contributed by atoms with Crippen molar-refractivity contribution in [2.45, 2.75) is 13.0 Å². The van der Waals surface area contributed by atoms with Crippen molar-refractivity contribution in [1.29, 1.82) is 0 Å². The molecule has 0 radical (unpaired) electrons. The highest BCUT2D eigenvalue weighted by molar-refractivity contribution is 5.28. The number of rotatable bonds is 5. The summed E-state index contributed by atoms with van der Waals surface area (Å²) < 4.78 is 5.73. The standard InChI is InChI=1S/C15H24N2O2/c1-13(18)14-3-5-15(6-4-14)19-12-11-17-9-7-16(2)8-10-17/h3-6,13,18H,7-12H2,1-2H3/t13-/m0/s1. The smallest absolute Gasteiger partial charge is 0.119 e. The molecule has 1 fully saturated rings. The van der Waals surface area contributed by atoms with Gasteiger partial charge in [-0.05, 0) is 31.7 Å². The molecule has 2 rings (SSSR count). The first kappa shape index (κ1) is 14.3. The maximum absolute atomic E-state index is 9.43. The Balaban J connectivity index is 1.70. The Kier molecular flexibility index (Phi) is 5.19. The van der Waals surface area contributed by atoms with Crippen LogP contribution in [0.2, 0.25) is 0 Å². The fourth-order valence-corrected chi connectivity index (χ4v) is 2.21. The Morgan fingerprint density at radius 3 is 2.37 bits per heavy atom. The van der Waals surface area contributed by atoms with Crippen molar-refractivity contribution in [2.24, 2.45) is 0 Å². The van der Waals surface area contributed by atoms with E-state index in [9.17, 15) is 5.11 Å². The maximum Gasteiger partial charge on any atom is 0.119 e. The average Bonchev–Trinajstić information content (AvgIpc) is 2.41. The summed E-state index contributed by atoms with van der Waals surface area (Å²) in [6.07, 6.45) is -0.417. The molecule has 1 aliphatic rings. The second kappa shape index (κ2) is 6.89. The third-order valence-corrected chi connectivity index (χ3v) is 3.63. The molecule has 106 valence electrons. The van der Waals surface area contributed by atoms with Gasteiger partial charge in [0.25, 0.3) is 0 Å². The Bertz CT molecular complexity index is 370. The second-order valence-corrected chi connectivity index (χ2v) is 5.24. The number of likely N-dealkylation sites (N-methyl/N-ethyl adjacent to an activating group) is 1. The minimum Gasteiger partial charge on any atom is -0.492 e. The third kappa shape index (κ3) is 4.49. The van der Waals surface area contributed by atoms with E-state index in [4.69, 9.17) is 4.74 Å². The molecule has 0 aromatic heterocycles. The van der Waals surface area contributed by atoms with E-state index < -0.39 is 6.10 Å². The molecule has 1 heterocycles. The molecule has 1 N–H and O–H groups in total. The number of piperazine rings is 1. The van der Waals surface area contributed by atoms with Crippen molar-refractivity contribution in [3.63, 3.8) is 0 Å². The lowest BCUT2D eigenvalue weighted by molar-refractivity contribution is 0.133. The SMILES string of the molecule is C[C@H](O)c1ccc(OCCN2CCN(C)CC2)cc1. The van der Waals surface area contributed by atoms with Crippen molar-refractivity contribution < 1.29 is 9.84 Å². The van der Waals surface area contributed by atoms with E-state index in [2.05, 4.69) is 16.8 Å². The van der Waals surface area contributed by atoms with E-state index in [1.807, 2.05) is 24.3 Å². The van der Waals surface area contributed by atoms with Crippen LogP contribution in [0.5, 0.6) is 5.75 Å². The van der Waals surface area contributed by atoms with Gasteiger partial charge < -0.3 is 14.7 Å². The molecule has 0 amide bonds. The summed E-state index contributed by atoms with van der Waals surface area (Å²) in [5.74, 6) is 0.874. The van der Waals surface area contributed by atoms with Gasteiger partial charge in [-0.15, -0.1) is 0 Å². The Hall–Kier alpha value is -1.10. The lowest BCUT2D eigenvalue weighted by Crippen LogP contribution is -2.45. The minimum atomic E-state index is -0.417. The summed E-state index contributed by atoms with van der Waals surface area (Å²) in [5.41, 5.74) is 0.923. The number of aliphatic hydroxyl groups excluding tert-OH is 1. The number of ether oxygens (including phenoxy) is 1. The van der Waals surface area contributed by atoms with Crippen molar-refractivity contribution in [2.75, 3.05) is 46.4 Å². The van der Waals surface area contributed by atoms with Gasteiger partial charge >= 0.3 is 0 Å². The van der Waals surface area contributed by atoms with Crippen LogP contribution in [-0.4, -0.2) is 61.3 Å². The molecular weight excluding hydrogens is 240 g/mol. The number of hydrogen-bond donors (Lipinski definition) is 1. The Labute approximate surface area is 115 Å². The molecule has 1 saturated heterocycles. The monoisotopic (exact) mass is 264 g/mol. The van der Waals surface area contributed by atoms with Crippen LogP contribution in [0.3, 0.4) is 0 Å². The van der Waals surface area contributed by atoms with Crippen LogP contribution in [-0.2, 0) is 0 Å². The van der Waals surface area contributed by atoms with Gasteiger partial charge in [-0.3, -0.25) is 4.90 Å². The quantitative estimate of drug-likeness (QED) is 0.871. The number of aliphatic hydroxyl groups is 1. The zero-order valence-electron chi connectivity index (χ0n) is 11.9. The van der Waals surface area contributed by atoms with E-state index in [0.717, 1.165) is 50.6 Å². The van der Waals surface area contributed by atoms with E-state index in [1.54, 1.807) is 6.92 Å². The van der Waals surface area contributed by atoms with E-state index in [-0.39, 0.29) is 0 Å². The Morgan fingerprint density at radius 1 is 1.16 bits per heavy atom. The van der Waals surface area contributed by atoms with E-state index in [0.29, 0.717) is 0 Å². The molecule has 1 aromatic carbocycles. The molecule has 1 atom stereocenters. The first-order valence-electron chi connectivity index (χ1n) is 6.97. The summed E-state index contributed by atoms with van der Waals surface area (Å²) in [6, 6.07) is 7.67. The van der Waals surface area contributed by atoms with Crippen LogP contribution in [0.15, 0.2) is 24.3 Å². The number of nitrogens with zero attached hydrogens (tertiary/aromatic N) is 2. The first-order valence-corrected chi connectivity index (χ1v) is 6.97. The topological polar surface area (TPSA) is 35.9 Å². The van der Waals surface area contributed by atoms with Gasteiger partial charge in [0, 0.05) is 32.7 Å². The van der Waals surface area contributed by atoms with Gasteiger partial charge in [0.15, 0.2) is 0 Å². The van der Waals surface area contributed by atoms with Crippen LogP contribution in [0.4, 0.5) is 0 Å². The number of benzene rings is 1. The lowest BCUT2D eigenvalue weighted by atomic mass is 10.1. The summed E-state index contributed by atoms with van der Waals surface area (Å²) >= 11 is 0. The van der Waals surface area contributed by atoms with Crippen molar-refractivity contribution >= 4 is 0 Å². The normalized spacial score (nSPS) is 19.3. The molecule has 0 spiro atoms. The highest BCUT2D eigenvalue weighted by Gasteiger charge is 2.13. The van der Waals surface area contributed by atoms with Crippen molar-refractivity contribution in [1.82, 2.24) is 9.80 Å². The molecule has 0 unspecified atom stereocenters. The van der Waals surface area contributed by atoms with Crippen molar-refractivity contribution in [3.8, 4) is 5.75 Å². The zero-order chi connectivity index (χ0) is 13.7. The maximum atomic E-state index is 9.43. The fourth-order valence-electron chi connectivity index (χ4n) is 2.21. The van der Waals surface area contributed by atoms with Crippen LogP contribution in [0, 0.1) is 0 Å². The van der Waals surface area contributed by atoms with Crippen LogP contribution in [0.25, 0.3) is 0 Å². The van der Waals surface area contributed by atoms with E-state index >= 15 is 0 Å². The predicted molar refractivity (Wildman–Crippen MR) is 76.5 cm³/mol. The zero-order valence-corrected chi connectivity index (χ0v) is 11.9. The predicted octanol–water partition coefficient (Wildman–Crippen LogP) is 1.37. The highest BCUT2D eigenvalue weighted by atomic mass is 16.5. The number of hydrogen-bond acceptors (Lipinski definition) is 4. The lowest BCUT2D eigenvalue weighted by Gasteiger charge is -2.32. The fraction of sp³-hybridized carbons (Fsp3) is 0.600. The van der Waals surface area contributed by atoms with Crippen LogP contribution >= 0.6 is 0 Å². The van der Waals surface area contributed by atoms with Gasteiger partial charge in [0.05, 0.1) is 6.10 Å². The Morgan fingerprint density at radius 2 is 1.79 bits per heavy atom. The third-order valence-electron chi connectivity index (χ3n) is 3.63. The van der Waals surface area contributed by atoms with Crippen LogP contribution < -0.4 is 4.74 Å². The van der Waals surface area contributed by atoms with Crippen LogP contribution in [0.1, 0.15) is 18.6 Å². The van der Waals surface area contributed by atoms with Gasteiger partial charge in [0.2, 0.25) is 0 Å². The molecule has 0 aliphatic carbocycles. The summed E-state index contributed by atoms with van der Waals surface area (Å²) in [4.78, 5) is 4.79. The highest BCUT2D eigenvalue weighted by Crippen LogP contribution is 2.17. The average molecular weight is 264 g/mol. The molecule has 4 heteroatoms. The molecule has 19 heavy (non-hydrogen) atoms. The first-order chi connectivity index (χ1) is 9.15. The van der Waals surface area contributed by atoms with Crippen molar-refractivity contribution in [3.05, 3.63) is 29.8 Å². The molecule has 0 bridgehead atoms. The van der Waals surface area contributed by atoms with E-state index in [1.165, 1.54) is 0 Å². The molecular formula is C15H24N2O2. The van der Waals surface area contributed by atoms with Gasteiger partial charge in [0.1, 0.15) is 12.4 Å². The molecule has 1 aromatic rings. The second-order valence-electron chi connectivity index (χ2n) is 5.24. The van der Waals surface area contributed by atoms with Gasteiger partial charge in [-0.2, -0.15) is 0 Å². The van der Waals surface area contributed by atoms with Gasteiger partial charge in [-0.1, -0.05) is 12.1 Å². The molecule has 0 saturated carbocycles. The summed E-state index contributed by atoms with van der Waals surface area (Å²) in [5, 5.41) is 9.43. The minimum absolute atomic E-state index is 0.417. The molecule has 4 nitrogen and oxygen atoms in total. The molecule has 1 aliphatic heterocycles. The summed E-state index contributed by atoms with van der Waals surface area (Å²) in [6.45, 7) is 8.00. The largest absolute Gasteiger partial charge is 0.492 e. The van der Waals surface area contributed by atoms with Gasteiger partial charge in [-0.25, -0.2) is 0 Å². The summed E-state index contributed by atoms with van der Waals surface area (Å²) in [7, 11) is 2.16.